The molecular weight excluding hydrogens is 464 g/mol. The lowest BCUT2D eigenvalue weighted by molar-refractivity contribution is -0.117. The summed E-state index contributed by atoms with van der Waals surface area (Å²) in [5.74, 6) is 1.12. The van der Waals surface area contributed by atoms with Gasteiger partial charge >= 0.3 is 0 Å². The Kier molecular flexibility index (Phi) is 6.23. The van der Waals surface area contributed by atoms with Crippen molar-refractivity contribution in [2.75, 3.05) is 37.5 Å². The average Bonchev–Trinajstić information content (AvgIpc) is 3.12. The zero-order chi connectivity index (χ0) is 21.2. The molecule has 0 radical (unpaired) electrons. The predicted molar refractivity (Wildman–Crippen MR) is 113 cm³/mol. The molecule has 0 aromatic heterocycles. The average molecular weight is 485 g/mol. The standard InChI is InChI=1S/C19H21BrN2O6S/c1-26-15-9-12(6-7-14(15)22-8-4-5-19(22)23)21-29(24,25)18-11-17(28-3)16(27-2)10-13(18)20/h6-7,9-11,21H,4-5,8H2,1-3H3. The summed E-state index contributed by atoms with van der Waals surface area (Å²) in [6.45, 7) is 0.610. The largest absolute Gasteiger partial charge is 0.494 e. The number of amides is 1. The van der Waals surface area contributed by atoms with Gasteiger partial charge in [0.2, 0.25) is 5.91 Å². The van der Waals surface area contributed by atoms with E-state index in [1.807, 2.05) is 0 Å². The minimum absolute atomic E-state index is 0.00656. The Morgan fingerprint density at radius 1 is 1.00 bits per heavy atom. The fourth-order valence-electron chi connectivity index (χ4n) is 3.12. The predicted octanol–water partition coefficient (Wildman–Crippen LogP) is 3.40. The van der Waals surface area contributed by atoms with E-state index in [0.717, 1.165) is 6.42 Å². The highest BCUT2D eigenvalue weighted by atomic mass is 79.9. The van der Waals surface area contributed by atoms with E-state index in [1.54, 1.807) is 23.1 Å². The van der Waals surface area contributed by atoms with Crippen LogP contribution in [0.5, 0.6) is 17.2 Å². The van der Waals surface area contributed by atoms with Crippen LogP contribution in [0.15, 0.2) is 39.7 Å². The molecule has 29 heavy (non-hydrogen) atoms. The smallest absolute Gasteiger partial charge is 0.263 e. The van der Waals surface area contributed by atoms with Crippen molar-refractivity contribution in [1.82, 2.24) is 0 Å². The summed E-state index contributed by atoms with van der Waals surface area (Å²) < 4.78 is 44.5. The molecule has 2 aromatic carbocycles. The van der Waals surface area contributed by atoms with Gasteiger partial charge in [0.1, 0.15) is 10.6 Å². The highest BCUT2D eigenvalue weighted by molar-refractivity contribution is 9.10. The summed E-state index contributed by atoms with van der Waals surface area (Å²) >= 11 is 3.27. The maximum absolute atomic E-state index is 12.9. The Balaban J connectivity index is 1.94. The van der Waals surface area contributed by atoms with Crippen LogP contribution in [0.1, 0.15) is 12.8 Å². The molecule has 0 saturated carbocycles. The molecule has 1 aliphatic rings. The summed E-state index contributed by atoms with van der Waals surface area (Å²) in [4.78, 5) is 13.7. The Morgan fingerprint density at radius 3 is 2.24 bits per heavy atom. The zero-order valence-electron chi connectivity index (χ0n) is 16.2. The molecule has 1 fully saturated rings. The van der Waals surface area contributed by atoms with Crippen molar-refractivity contribution in [3.8, 4) is 17.2 Å². The molecule has 1 amide bonds. The van der Waals surface area contributed by atoms with Crippen molar-refractivity contribution in [1.29, 1.82) is 0 Å². The number of carbonyl (C=O) groups is 1. The number of hydrogen-bond acceptors (Lipinski definition) is 6. The van der Waals surface area contributed by atoms with E-state index in [2.05, 4.69) is 20.7 Å². The van der Waals surface area contributed by atoms with E-state index < -0.39 is 10.0 Å². The van der Waals surface area contributed by atoms with Gasteiger partial charge in [-0.15, -0.1) is 0 Å². The fourth-order valence-corrected chi connectivity index (χ4v) is 5.21. The highest BCUT2D eigenvalue weighted by Gasteiger charge is 2.26. The second-order valence-corrected chi connectivity index (χ2v) is 8.78. The lowest BCUT2D eigenvalue weighted by Gasteiger charge is -2.20. The van der Waals surface area contributed by atoms with Crippen LogP contribution in [-0.4, -0.2) is 42.2 Å². The SMILES string of the molecule is COc1cc(Br)c(S(=O)(=O)Nc2ccc(N3CCCC3=O)c(OC)c2)cc1OC. The first-order chi connectivity index (χ1) is 13.8. The number of hydrogen-bond donors (Lipinski definition) is 1. The van der Waals surface area contributed by atoms with Crippen LogP contribution in [0, 0.1) is 0 Å². The van der Waals surface area contributed by atoms with Crippen LogP contribution in [0.2, 0.25) is 0 Å². The van der Waals surface area contributed by atoms with Crippen molar-refractivity contribution in [3.05, 3.63) is 34.8 Å². The molecule has 10 heteroatoms. The number of halogens is 1. The number of nitrogens with one attached hydrogen (secondary N) is 1. The molecule has 1 aliphatic heterocycles. The van der Waals surface area contributed by atoms with E-state index in [4.69, 9.17) is 14.2 Å². The van der Waals surface area contributed by atoms with Gasteiger partial charge < -0.3 is 19.1 Å². The van der Waals surface area contributed by atoms with Gasteiger partial charge in [0.15, 0.2) is 11.5 Å². The maximum Gasteiger partial charge on any atom is 0.263 e. The second kappa shape index (κ2) is 8.50. The molecule has 1 N–H and O–H groups in total. The third-order valence-corrected chi connectivity index (χ3v) is 6.86. The van der Waals surface area contributed by atoms with Crippen LogP contribution < -0.4 is 23.8 Å². The third-order valence-electron chi connectivity index (χ3n) is 4.52. The highest BCUT2D eigenvalue weighted by Crippen LogP contribution is 2.38. The minimum Gasteiger partial charge on any atom is -0.494 e. The van der Waals surface area contributed by atoms with E-state index in [1.165, 1.54) is 33.5 Å². The van der Waals surface area contributed by atoms with Gasteiger partial charge in [-0.05, 0) is 40.5 Å². The van der Waals surface area contributed by atoms with Gasteiger partial charge in [0.25, 0.3) is 10.0 Å². The molecule has 1 heterocycles. The molecule has 2 aromatic rings. The number of ether oxygens (including phenoxy) is 3. The first-order valence-corrected chi connectivity index (χ1v) is 11.0. The van der Waals surface area contributed by atoms with Gasteiger partial charge in [0.05, 0.1) is 32.7 Å². The number of sulfonamides is 1. The van der Waals surface area contributed by atoms with Crippen molar-refractivity contribution in [2.45, 2.75) is 17.7 Å². The quantitative estimate of drug-likeness (QED) is 0.646. The van der Waals surface area contributed by atoms with Gasteiger partial charge in [0, 0.05) is 29.6 Å². The molecule has 3 rings (SSSR count). The second-order valence-electron chi connectivity index (χ2n) is 6.28. The Labute approximate surface area is 177 Å². The number of methoxy groups -OCH3 is 3. The molecular formula is C19H21BrN2O6S. The molecule has 1 saturated heterocycles. The van der Waals surface area contributed by atoms with E-state index in [9.17, 15) is 13.2 Å². The monoisotopic (exact) mass is 484 g/mol. The Bertz CT molecular complexity index is 1040. The topological polar surface area (TPSA) is 94.2 Å². The van der Waals surface area contributed by atoms with Crippen LogP contribution >= 0.6 is 15.9 Å². The number of benzene rings is 2. The van der Waals surface area contributed by atoms with E-state index in [0.29, 0.717) is 40.3 Å². The van der Waals surface area contributed by atoms with Gasteiger partial charge in [-0.1, -0.05) is 0 Å². The molecule has 0 bridgehead atoms. The van der Waals surface area contributed by atoms with Gasteiger partial charge in [-0.25, -0.2) is 8.42 Å². The minimum atomic E-state index is -3.94. The first kappa shape index (κ1) is 21.3. The van der Waals surface area contributed by atoms with Crippen LogP contribution in [0.25, 0.3) is 0 Å². The normalized spacial score (nSPS) is 14.1. The van der Waals surface area contributed by atoms with Crippen molar-refractivity contribution >= 4 is 43.2 Å². The lowest BCUT2D eigenvalue weighted by Crippen LogP contribution is -2.24. The fraction of sp³-hybridized carbons (Fsp3) is 0.316. The molecule has 0 aliphatic carbocycles. The van der Waals surface area contributed by atoms with Crippen LogP contribution in [0.3, 0.4) is 0 Å². The van der Waals surface area contributed by atoms with E-state index >= 15 is 0 Å². The van der Waals surface area contributed by atoms with Crippen LogP contribution in [-0.2, 0) is 14.8 Å². The van der Waals surface area contributed by atoms with Gasteiger partial charge in [-0.3, -0.25) is 9.52 Å². The van der Waals surface area contributed by atoms with Crippen molar-refractivity contribution in [3.63, 3.8) is 0 Å². The lowest BCUT2D eigenvalue weighted by atomic mass is 10.2. The molecule has 0 unspecified atom stereocenters. The third kappa shape index (κ3) is 4.27. The van der Waals surface area contributed by atoms with Crippen molar-refractivity contribution in [2.24, 2.45) is 0 Å². The summed E-state index contributed by atoms with van der Waals surface area (Å²) in [5, 5.41) is 0. The number of rotatable bonds is 7. The summed E-state index contributed by atoms with van der Waals surface area (Å²) in [6.07, 6.45) is 1.27. The summed E-state index contributed by atoms with van der Waals surface area (Å²) in [7, 11) is 0.434. The maximum atomic E-state index is 12.9. The Hall–Kier alpha value is -2.46. The zero-order valence-corrected chi connectivity index (χ0v) is 18.6. The number of anilines is 2. The molecule has 0 spiro atoms. The van der Waals surface area contributed by atoms with Gasteiger partial charge in [-0.2, -0.15) is 0 Å². The van der Waals surface area contributed by atoms with Crippen LogP contribution in [0.4, 0.5) is 11.4 Å². The van der Waals surface area contributed by atoms with Crippen molar-refractivity contribution < 1.29 is 27.4 Å². The molecule has 0 atom stereocenters. The summed E-state index contributed by atoms with van der Waals surface area (Å²) in [6, 6.07) is 7.71. The van der Waals surface area contributed by atoms with E-state index in [-0.39, 0.29) is 16.6 Å². The number of carbonyl (C=O) groups excluding carboxylic acids is 1. The first-order valence-electron chi connectivity index (χ1n) is 8.73. The molecule has 156 valence electrons. The molecule has 8 nitrogen and oxygen atoms in total. The summed E-state index contributed by atoms with van der Waals surface area (Å²) in [5.41, 5.74) is 0.921. The number of nitrogens with zero attached hydrogens (tertiary/aromatic N) is 1. The Morgan fingerprint density at radius 2 is 1.66 bits per heavy atom.